The van der Waals surface area contributed by atoms with Crippen molar-refractivity contribution < 1.29 is 8.78 Å². The Kier molecular flexibility index (Phi) is 3.94. The first-order valence-electron chi connectivity index (χ1n) is 9.12. The lowest BCUT2D eigenvalue weighted by molar-refractivity contribution is 0.594. The second-order valence-corrected chi connectivity index (χ2v) is 7.59. The molecule has 0 aromatic heterocycles. The smallest absolute Gasteiger partial charge is 0.129 e. The molecule has 0 atom stereocenters. The monoisotopic (exact) mass is 326 g/mol. The van der Waals surface area contributed by atoms with E-state index in [-0.39, 0.29) is 11.6 Å². The van der Waals surface area contributed by atoms with Crippen molar-refractivity contribution in [2.45, 2.75) is 64.2 Å². The topological polar surface area (TPSA) is 0 Å². The van der Waals surface area contributed by atoms with Crippen LogP contribution in [0.5, 0.6) is 0 Å². The lowest BCUT2D eigenvalue weighted by atomic mass is 9.91. The van der Waals surface area contributed by atoms with Crippen molar-refractivity contribution in [2.24, 2.45) is 0 Å². The third kappa shape index (κ3) is 2.87. The van der Waals surface area contributed by atoms with Gasteiger partial charge >= 0.3 is 0 Å². The van der Waals surface area contributed by atoms with Gasteiger partial charge in [0.2, 0.25) is 0 Å². The number of benzene rings is 2. The number of hydrogen-bond acceptors (Lipinski definition) is 0. The molecule has 0 heterocycles. The fraction of sp³-hybridized carbons (Fsp3) is 0.455. The minimum atomic E-state index is -0.0208. The van der Waals surface area contributed by atoms with Gasteiger partial charge in [-0.1, -0.05) is 24.3 Å². The van der Waals surface area contributed by atoms with Gasteiger partial charge in [-0.2, -0.15) is 0 Å². The van der Waals surface area contributed by atoms with Crippen molar-refractivity contribution in [3.05, 3.63) is 69.3 Å². The van der Waals surface area contributed by atoms with Gasteiger partial charge in [-0.05, 0) is 97.6 Å². The van der Waals surface area contributed by atoms with E-state index in [1.807, 2.05) is 26.0 Å². The maximum Gasteiger partial charge on any atom is 0.129 e. The van der Waals surface area contributed by atoms with Gasteiger partial charge in [0.05, 0.1) is 0 Å². The standard InChI is InChI=1S/C22H24F2/c1-13-3-5-15(19(21(13)23)17-9-10-17)7-8-16-6-4-14(2)22(24)20(16)18-11-12-18/h3-6,17-18H,7-12H2,1-2H3. The molecule has 2 aliphatic carbocycles. The number of halogens is 2. The highest BCUT2D eigenvalue weighted by atomic mass is 19.1. The minimum Gasteiger partial charge on any atom is -0.206 e. The molecule has 0 aliphatic heterocycles. The average Bonchev–Trinajstić information content (AvgIpc) is 3.44. The summed E-state index contributed by atoms with van der Waals surface area (Å²) >= 11 is 0. The zero-order chi connectivity index (χ0) is 16.8. The Morgan fingerprint density at radius 1 is 0.708 bits per heavy atom. The summed E-state index contributed by atoms with van der Waals surface area (Å²) in [5, 5.41) is 0. The SMILES string of the molecule is Cc1ccc(CCc2ccc(C)c(F)c2C2CC2)c(C2CC2)c1F. The molecule has 2 heteroatoms. The van der Waals surface area contributed by atoms with Crippen LogP contribution in [0.4, 0.5) is 8.78 Å². The lowest BCUT2D eigenvalue weighted by Gasteiger charge is -2.15. The van der Waals surface area contributed by atoms with E-state index in [0.29, 0.717) is 11.8 Å². The summed E-state index contributed by atoms with van der Waals surface area (Å²) in [5.41, 5.74) is 5.55. The van der Waals surface area contributed by atoms with Gasteiger partial charge < -0.3 is 0 Å². The van der Waals surface area contributed by atoms with Gasteiger partial charge in [-0.25, -0.2) is 8.78 Å². The predicted molar refractivity (Wildman–Crippen MR) is 93.6 cm³/mol. The highest BCUT2D eigenvalue weighted by Crippen LogP contribution is 2.45. The van der Waals surface area contributed by atoms with Crippen LogP contribution in [0.3, 0.4) is 0 Å². The molecule has 0 saturated heterocycles. The molecule has 4 rings (SSSR count). The normalized spacial score (nSPS) is 17.3. The molecule has 0 N–H and O–H groups in total. The third-order valence-electron chi connectivity index (χ3n) is 5.56. The van der Waals surface area contributed by atoms with E-state index in [1.54, 1.807) is 0 Å². The van der Waals surface area contributed by atoms with Crippen molar-refractivity contribution in [2.75, 3.05) is 0 Å². The summed E-state index contributed by atoms with van der Waals surface area (Å²) in [7, 11) is 0. The van der Waals surface area contributed by atoms with Gasteiger partial charge in [-0.3, -0.25) is 0 Å². The largest absolute Gasteiger partial charge is 0.206 e. The molecule has 0 spiro atoms. The Hall–Kier alpha value is -1.70. The van der Waals surface area contributed by atoms with Crippen LogP contribution in [-0.4, -0.2) is 0 Å². The molecule has 2 saturated carbocycles. The van der Waals surface area contributed by atoms with Crippen LogP contribution in [0, 0.1) is 25.5 Å². The van der Waals surface area contributed by atoms with Gasteiger partial charge in [-0.15, -0.1) is 0 Å². The van der Waals surface area contributed by atoms with Crippen LogP contribution in [0.2, 0.25) is 0 Å². The van der Waals surface area contributed by atoms with Gasteiger partial charge in [0, 0.05) is 0 Å². The minimum absolute atomic E-state index is 0.0208. The van der Waals surface area contributed by atoms with Gasteiger partial charge in [0.1, 0.15) is 11.6 Å². The Balaban J connectivity index is 1.62. The van der Waals surface area contributed by atoms with E-state index in [4.69, 9.17) is 0 Å². The number of hydrogen-bond donors (Lipinski definition) is 0. The number of aryl methyl sites for hydroxylation is 4. The zero-order valence-electron chi connectivity index (χ0n) is 14.5. The maximum absolute atomic E-state index is 14.6. The molecular weight excluding hydrogens is 302 g/mol. The van der Waals surface area contributed by atoms with E-state index in [9.17, 15) is 8.78 Å². The Bertz CT molecular complexity index is 716. The molecule has 0 radical (unpaired) electrons. The molecule has 2 fully saturated rings. The highest BCUT2D eigenvalue weighted by molar-refractivity contribution is 5.41. The molecular formula is C22H24F2. The van der Waals surface area contributed by atoms with E-state index < -0.39 is 0 Å². The molecule has 24 heavy (non-hydrogen) atoms. The Morgan fingerprint density at radius 2 is 1.08 bits per heavy atom. The zero-order valence-corrected chi connectivity index (χ0v) is 14.5. The third-order valence-corrected chi connectivity index (χ3v) is 5.56. The molecule has 0 bridgehead atoms. The van der Waals surface area contributed by atoms with E-state index in [2.05, 4.69) is 12.1 Å². The maximum atomic E-state index is 14.6. The average molecular weight is 326 g/mol. The Morgan fingerprint density at radius 3 is 1.42 bits per heavy atom. The molecule has 0 amide bonds. The quantitative estimate of drug-likeness (QED) is 0.621. The van der Waals surface area contributed by atoms with Crippen molar-refractivity contribution in [3.8, 4) is 0 Å². The van der Waals surface area contributed by atoms with Crippen LogP contribution in [-0.2, 0) is 12.8 Å². The molecule has 2 aliphatic rings. The van der Waals surface area contributed by atoms with Crippen LogP contribution in [0.1, 0.15) is 70.9 Å². The summed E-state index contributed by atoms with van der Waals surface area (Å²) in [4.78, 5) is 0. The predicted octanol–water partition coefficient (Wildman–Crippen LogP) is 6.12. The first-order chi connectivity index (χ1) is 11.6. The lowest BCUT2D eigenvalue weighted by Crippen LogP contribution is -2.04. The van der Waals surface area contributed by atoms with E-state index in [1.165, 1.54) is 0 Å². The van der Waals surface area contributed by atoms with E-state index in [0.717, 1.165) is 71.9 Å². The van der Waals surface area contributed by atoms with Crippen LogP contribution < -0.4 is 0 Å². The summed E-state index contributed by atoms with van der Waals surface area (Å²) in [6.45, 7) is 3.68. The molecule has 2 aromatic rings. The van der Waals surface area contributed by atoms with E-state index >= 15 is 0 Å². The van der Waals surface area contributed by atoms with Crippen molar-refractivity contribution >= 4 is 0 Å². The molecule has 126 valence electrons. The van der Waals surface area contributed by atoms with Gasteiger partial charge in [0.15, 0.2) is 0 Å². The summed E-state index contributed by atoms with van der Waals surface area (Å²) in [5.74, 6) is 0.759. The highest BCUT2D eigenvalue weighted by Gasteiger charge is 2.31. The van der Waals surface area contributed by atoms with Crippen LogP contribution in [0.15, 0.2) is 24.3 Å². The number of rotatable bonds is 5. The molecule has 0 unspecified atom stereocenters. The second kappa shape index (κ2) is 5.98. The fourth-order valence-electron chi connectivity index (χ4n) is 3.82. The summed E-state index contributed by atoms with van der Waals surface area (Å²) in [6.07, 6.45) is 5.98. The van der Waals surface area contributed by atoms with Crippen molar-refractivity contribution in [1.29, 1.82) is 0 Å². The van der Waals surface area contributed by atoms with Crippen LogP contribution >= 0.6 is 0 Å². The van der Waals surface area contributed by atoms with Crippen molar-refractivity contribution in [1.82, 2.24) is 0 Å². The summed E-state index contributed by atoms with van der Waals surface area (Å²) < 4.78 is 29.1. The molecule has 2 aromatic carbocycles. The first-order valence-corrected chi connectivity index (χ1v) is 9.12. The molecule has 0 nitrogen and oxygen atoms in total. The van der Waals surface area contributed by atoms with Gasteiger partial charge in [0.25, 0.3) is 0 Å². The summed E-state index contributed by atoms with van der Waals surface area (Å²) in [6, 6.07) is 7.92. The first kappa shape index (κ1) is 15.8. The van der Waals surface area contributed by atoms with Crippen molar-refractivity contribution in [3.63, 3.8) is 0 Å². The second-order valence-electron chi connectivity index (χ2n) is 7.59. The Labute approximate surface area is 142 Å². The van der Waals surface area contributed by atoms with Crippen LogP contribution in [0.25, 0.3) is 0 Å². The fourth-order valence-corrected chi connectivity index (χ4v) is 3.82.